The Bertz CT molecular complexity index is 726. The van der Waals surface area contributed by atoms with Crippen molar-refractivity contribution in [2.75, 3.05) is 20.3 Å². The van der Waals surface area contributed by atoms with Crippen LogP contribution in [0.3, 0.4) is 0 Å². The maximum atomic E-state index is 12.9. The summed E-state index contributed by atoms with van der Waals surface area (Å²) in [5, 5.41) is 8.73. The van der Waals surface area contributed by atoms with Gasteiger partial charge in [0, 0.05) is 39.0 Å². The van der Waals surface area contributed by atoms with Gasteiger partial charge in [-0.2, -0.15) is 0 Å². The topological polar surface area (TPSA) is 73.1 Å². The van der Waals surface area contributed by atoms with Gasteiger partial charge in [-0.3, -0.25) is 9.78 Å². The molecule has 0 aromatic carbocycles. The van der Waals surface area contributed by atoms with Gasteiger partial charge in [0.2, 0.25) is 0 Å². The summed E-state index contributed by atoms with van der Waals surface area (Å²) in [5.41, 5.74) is 2.62. The van der Waals surface area contributed by atoms with Crippen LogP contribution in [-0.2, 0) is 17.7 Å². The molecule has 126 valence electrons. The van der Waals surface area contributed by atoms with E-state index in [0.29, 0.717) is 18.7 Å². The summed E-state index contributed by atoms with van der Waals surface area (Å²) in [6.07, 6.45) is 6.61. The van der Waals surface area contributed by atoms with Crippen molar-refractivity contribution in [1.82, 2.24) is 24.9 Å². The molecule has 7 nitrogen and oxygen atoms in total. The van der Waals surface area contributed by atoms with Gasteiger partial charge in [-0.15, -0.1) is 5.10 Å². The number of hydrogen-bond donors (Lipinski definition) is 0. The molecule has 24 heavy (non-hydrogen) atoms. The third-order valence-corrected chi connectivity index (χ3v) is 4.77. The first kappa shape index (κ1) is 15.3. The quantitative estimate of drug-likeness (QED) is 0.831. The van der Waals surface area contributed by atoms with Crippen molar-refractivity contribution in [3.63, 3.8) is 0 Å². The van der Waals surface area contributed by atoms with E-state index in [-0.39, 0.29) is 11.9 Å². The highest BCUT2D eigenvalue weighted by Crippen LogP contribution is 2.34. The zero-order chi connectivity index (χ0) is 16.5. The molecule has 2 aromatic rings. The number of hydrogen-bond acceptors (Lipinski definition) is 5. The molecule has 0 unspecified atom stereocenters. The van der Waals surface area contributed by atoms with E-state index >= 15 is 0 Å². The van der Waals surface area contributed by atoms with E-state index in [9.17, 15) is 4.79 Å². The molecule has 2 aromatic heterocycles. The van der Waals surface area contributed by atoms with Crippen LogP contribution in [0.15, 0.2) is 24.5 Å². The highest BCUT2D eigenvalue weighted by Gasteiger charge is 2.36. The van der Waals surface area contributed by atoms with Gasteiger partial charge in [-0.05, 0) is 30.9 Å². The van der Waals surface area contributed by atoms with Crippen LogP contribution in [0.1, 0.15) is 40.6 Å². The number of methoxy groups -OCH3 is 1. The third-order valence-electron chi connectivity index (χ3n) is 4.77. The lowest BCUT2D eigenvalue weighted by atomic mass is 10.0. The van der Waals surface area contributed by atoms with Gasteiger partial charge in [0.15, 0.2) is 0 Å². The Hall–Kier alpha value is -2.28. The minimum Gasteiger partial charge on any atom is -0.382 e. The first-order chi connectivity index (χ1) is 11.8. The minimum atomic E-state index is -0.195. The van der Waals surface area contributed by atoms with Crippen LogP contribution in [0.4, 0.5) is 0 Å². The van der Waals surface area contributed by atoms with Crippen LogP contribution in [0, 0.1) is 5.92 Å². The van der Waals surface area contributed by atoms with Crippen molar-refractivity contribution in [1.29, 1.82) is 0 Å². The molecule has 1 atom stereocenters. The zero-order valence-corrected chi connectivity index (χ0v) is 13.8. The van der Waals surface area contributed by atoms with Gasteiger partial charge in [0.1, 0.15) is 11.7 Å². The highest BCUT2D eigenvalue weighted by molar-refractivity contribution is 5.94. The molecule has 1 aliphatic heterocycles. The third kappa shape index (κ3) is 2.80. The molecule has 3 heterocycles. The number of ether oxygens (including phenoxy) is 1. The standard InChI is InChI=1S/C17H21N5O2/c1-24-11-15-16-14(22(20-19-16)10-12-4-5-12)6-8-21(15)17(23)13-3-2-7-18-9-13/h2-3,7,9,12,15H,4-6,8,10-11H2,1H3/t15-/m1/s1. The molecule has 4 rings (SSSR count). The van der Waals surface area contributed by atoms with E-state index in [4.69, 9.17) is 4.74 Å². The molecule has 1 aliphatic carbocycles. The van der Waals surface area contributed by atoms with Crippen molar-refractivity contribution >= 4 is 5.91 Å². The normalized spacial score (nSPS) is 20.0. The molecule has 0 bridgehead atoms. The van der Waals surface area contributed by atoms with Crippen molar-refractivity contribution in [2.45, 2.75) is 31.8 Å². The smallest absolute Gasteiger partial charge is 0.256 e. The van der Waals surface area contributed by atoms with Crippen LogP contribution in [0.5, 0.6) is 0 Å². The van der Waals surface area contributed by atoms with Crippen molar-refractivity contribution in [3.8, 4) is 0 Å². The molecular weight excluding hydrogens is 306 g/mol. The Morgan fingerprint density at radius 1 is 1.42 bits per heavy atom. The van der Waals surface area contributed by atoms with E-state index in [2.05, 4.69) is 15.3 Å². The fraction of sp³-hybridized carbons (Fsp3) is 0.529. The van der Waals surface area contributed by atoms with Gasteiger partial charge in [0.25, 0.3) is 5.91 Å². The van der Waals surface area contributed by atoms with Crippen molar-refractivity contribution in [2.24, 2.45) is 5.92 Å². The number of pyridine rings is 1. The summed E-state index contributed by atoms with van der Waals surface area (Å²) in [6.45, 7) is 2.01. The van der Waals surface area contributed by atoms with E-state index in [1.807, 2.05) is 9.58 Å². The highest BCUT2D eigenvalue weighted by atomic mass is 16.5. The largest absolute Gasteiger partial charge is 0.382 e. The number of carbonyl (C=O) groups excluding carboxylic acids is 1. The van der Waals surface area contributed by atoms with E-state index in [0.717, 1.165) is 30.3 Å². The summed E-state index contributed by atoms with van der Waals surface area (Å²) in [5.74, 6) is 0.708. The lowest BCUT2D eigenvalue weighted by Gasteiger charge is -2.34. The summed E-state index contributed by atoms with van der Waals surface area (Å²) >= 11 is 0. The monoisotopic (exact) mass is 327 g/mol. The molecular formula is C17H21N5O2. The molecule has 0 saturated heterocycles. The Kier molecular flexibility index (Phi) is 4.02. The zero-order valence-electron chi connectivity index (χ0n) is 13.8. The predicted octanol–water partition coefficient (Wildman–Crippen LogP) is 1.47. The number of aromatic nitrogens is 4. The fourth-order valence-corrected chi connectivity index (χ4v) is 3.31. The summed E-state index contributed by atoms with van der Waals surface area (Å²) < 4.78 is 7.40. The number of carbonyl (C=O) groups is 1. The van der Waals surface area contributed by atoms with Crippen LogP contribution >= 0.6 is 0 Å². The lowest BCUT2D eigenvalue weighted by Crippen LogP contribution is -2.42. The van der Waals surface area contributed by atoms with Gasteiger partial charge < -0.3 is 9.64 Å². The summed E-state index contributed by atoms with van der Waals surface area (Å²) in [7, 11) is 1.65. The number of rotatable bonds is 5. The molecule has 0 N–H and O–H groups in total. The second-order valence-electron chi connectivity index (χ2n) is 6.51. The molecule has 7 heteroatoms. The Morgan fingerprint density at radius 3 is 3.00 bits per heavy atom. The molecule has 2 aliphatic rings. The first-order valence-electron chi connectivity index (χ1n) is 8.40. The average Bonchev–Trinajstić information content (AvgIpc) is 3.34. The first-order valence-corrected chi connectivity index (χ1v) is 8.40. The Morgan fingerprint density at radius 2 is 2.29 bits per heavy atom. The van der Waals surface area contributed by atoms with Gasteiger partial charge in [-0.1, -0.05) is 5.21 Å². The molecule has 0 spiro atoms. The van der Waals surface area contributed by atoms with Gasteiger partial charge in [0.05, 0.1) is 17.9 Å². The summed E-state index contributed by atoms with van der Waals surface area (Å²) in [6, 6.07) is 3.37. The number of nitrogens with zero attached hydrogens (tertiary/aromatic N) is 5. The second-order valence-corrected chi connectivity index (χ2v) is 6.51. The second kappa shape index (κ2) is 6.32. The lowest BCUT2D eigenvalue weighted by molar-refractivity contribution is 0.0490. The van der Waals surface area contributed by atoms with Crippen molar-refractivity contribution < 1.29 is 9.53 Å². The fourth-order valence-electron chi connectivity index (χ4n) is 3.31. The maximum absolute atomic E-state index is 12.9. The van der Waals surface area contributed by atoms with Crippen LogP contribution in [-0.4, -0.2) is 51.0 Å². The van der Waals surface area contributed by atoms with Crippen LogP contribution in [0.2, 0.25) is 0 Å². The van der Waals surface area contributed by atoms with Gasteiger partial charge in [-0.25, -0.2) is 4.68 Å². The minimum absolute atomic E-state index is 0.0347. The average molecular weight is 327 g/mol. The van der Waals surface area contributed by atoms with Crippen LogP contribution in [0.25, 0.3) is 0 Å². The molecule has 1 amide bonds. The molecule has 1 fully saturated rings. The van der Waals surface area contributed by atoms with E-state index in [1.54, 1.807) is 31.6 Å². The van der Waals surface area contributed by atoms with E-state index < -0.39 is 0 Å². The Labute approximate surface area is 140 Å². The Balaban J connectivity index is 1.62. The van der Waals surface area contributed by atoms with E-state index in [1.165, 1.54) is 12.8 Å². The SMILES string of the molecule is COC[C@@H]1c2nnn(CC3CC3)c2CCN1C(=O)c1cccnc1. The van der Waals surface area contributed by atoms with Gasteiger partial charge >= 0.3 is 0 Å². The summed E-state index contributed by atoms with van der Waals surface area (Å²) in [4.78, 5) is 18.7. The molecule has 1 saturated carbocycles. The maximum Gasteiger partial charge on any atom is 0.256 e. The van der Waals surface area contributed by atoms with Crippen LogP contribution < -0.4 is 0 Å². The number of amides is 1. The van der Waals surface area contributed by atoms with Crippen molar-refractivity contribution in [3.05, 3.63) is 41.5 Å². The predicted molar refractivity (Wildman–Crippen MR) is 86.3 cm³/mol. The number of fused-ring (bicyclic) bond motifs is 1. The molecule has 0 radical (unpaired) electrons.